The first-order valence-corrected chi connectivity index (χ1v) is 12.1. The van der Waals surface area contributed by atoms with Gasteiger partial charge in [-0.25, -0.2) is 4.39 Å². The van der Waals surface area contributed by atoms with Crippen molar-refractivity contribution < 1.29 is 14.0 Å². The molecule has 0 atom stereocenters. The topological polar surface area (TPSA) is 91.0 Å². The lowest BCUT2D eigenvalue weighted by atomic mass is 10.1. The normalized spacial score (nSPS) is 13.1. The van der Waals surface area contributed by atoms with Gasteiger partial charge in [-0.3, -0.25) is 19.6 Å². The van der Waals surface area contributed by atoms with Gasteiger partial charge in [-0.15, -0.1) is 0 Å². The van der Waals surface area contributed by atoms with Gasteiger partial charge in [0.15, 0.2) is 0 Å². The Kier molecular flexibility index (Phi) is 6.69. The first-order chi connectivity index (χ1) is 17.4. The lowest BCUT2D eigenvalue weighted by Gasteiger charge is -2.20. The number of aromatic amines is 1. The Morgan fingerprint density at radius 3 is 2.72 bits per heavy atom. The van der Waals surface area contributed by atoms with Crippen molar-refractivity contribution in [2.45, 2.75) is 45.3 Å². The SMILES string of the molecule is CC(=O)N(Cc1ccc(Cc2cc(C(=O)NCc3cc4c(Cl)c[nH]c4cc3F)ccn2)cn1)C1CC1. The molecule has 1 aromatic carbocycles. The number of benzene rings is 1. The number of rotatable bonds is 8. The third-order valence-corrected chi connectivity index (χ3v) is 6.62. The highest BCUT2D eigenvalue weighted by molar-refractivity contribution is 6.35. The van der Waals surface area contributed by atoms with Gasteiger partial charge in [-0.2, -0.15) is 0 Å². The summed E-state index contributed by atoms with van der Waals surface area (Å²) in [6, 6.07) is 10.6. The molecule has 1 aliphatic rings. The zero-order valence-corrected chi connectivity index (χ0v) is 20.5. The van der Waals surface area contributed by atoms with E-state index in [-0.39, 0.29) is 18.4 Å². The van der Waals surface area contributed by atoms with E-state index in [0.29, 0.717) is 51.8 Å². The summed E-state index contributed by atoms with van der Waals surface area (Å²) in [4.78, 5) is 38.3. The molecule has 2 amide bonds. The molecule has 2 N–H and O–H groups in total. The average Bonchev–Trinajstić information content (AvgIpc) is 3.65. The molecule has 0 saturated heterocycles. The van der Waals surface area contributed by atoms with Gasteiger partial charge in [-0.05, 0) is 48.7 Å². The second kappa shape index (κ2) is 10.1. The predicted molar refractivity (Wildman–Crippen MR) is 135 cm³/mol. The molecule has 5 rings (SSSR count). The third-order valence-electron chi connectivity index (χ3n) is 6.31. The number of aromatic nitrogens is 3. The molecule has 7 nitrogen and oxygen atoms in total. The van der Waals surface area contributed by atoms with Crippen LogP contribution in [0.1, 0.15) is 52.6 Å². The highest BCUT2D eigenvalue weighted by Gasteiger charge is 2.30. The average molecular weight is 506 g/mol. The van der Waals surface area contributed by atoms with Crippen LogP contribution in [-0.4, -0.2) is 37.7 Å². The van der Waals surface area contributed by atoms with Crippen LogP contribution < -0.4 is 5.32 Å². The quantitative estimate of drug-likeness (QED) is 0.360. The molecule has 0 radical (unpaired) electrons. The van der Waals surface area contributed by atoms with Crippen LogP contribution in [-0.2, 0) is 24.3 Å². The minimum Gasteiger partial charge on any atom is -0.360 e. The fourth-order valence-electron chi connectivity index (χ4n) is 4.20. The van der Waals surface area contributed by atoms with Gasteiger partial charge in [0.05, 0.1) is 17.3 Å². The second-order valence-electron chi connectivity index (χ2n) is 9.06. The van der Waals surface area contributed by atoms with Crippen molar-refractivity contribution in [1.82, 2.24) is 25.2 Å². The molecule has 184 valence electrons. The Balaban J connectivity index is 1.21. The van der Waals surface area contributed by atoms with Crippen LogP contribution >= 0.6 is 11.6 Å². The van der Waals surface area contributed by atoms with Gasteiger partial charge in [0, 0.05) is 72.2 Å². The van der Waals surface area contributed by atoms with Crippen LogP contribution in [0.3, 0.4) is 0 Å². The van der Waals surface area contributed by atoms with Crippen molar-refractivity contribution in [3.63, 3.8) is 0 Å². The van der Waals surface area contributed by atoms with Crippen LogP contribution in [0.5, 0.6) is 0 Å². The summed E-state index contributed by atoms with van der Waals surface area (Å²) in [5.41, 5.74) is 3.90. The van der Waals surface area contributed by atoms with Gasteiger partial charge in [0.25, 0.3) is 5.91 Å². The minimum atomic E-state index is -0.420. The highest BCUT2D eigenvalue weighted by atomic mass is 35.5. The van der Waals surface area contributed by atoms with Gasteiger partial charge in [0.2, 0.25) is 5.91 Å². The zero-order chi connectivity index (χ0) is 25.2. The molecule has 1 aliphatic carbocycles. The second-order valence-corrected chi connectivity index (χ2v) is 9.46. The van der Waals surface area contributed by atoms with Gasteiger partial charge in [-0.1, -0.05) is 17.7 Å². The van der Waals surface area contributed by atoms with Crippen molar-refractivity contribution in [2.75, 3.05) is 0 Å². The van der Waals surface area contributed by atoms with E-state index < -0.39 is 5.82 Å². The van der Waals surface area contributed by atoms with Crippen LogP contribution in [0.4, 0.5) is 4.39 Å². The number of halogens is 2. The van der Waals surface area contributed by atoms with Crippen molar-refractivity contribution in [1.29, 1.82) is 0 Å². The largest absolute Gasteiger partial charge is 0.360 e. The van der Waals surface area contributed by atoms with E-state index in [1.807, 2.05) is 17.0 Å². The number of H-pyrrole nitrogens is 1. The molecule has 36 heavy (non-hydrogen) atoms. The van der Waals surface area contributed by atoms with E-state index in [4.69, 9.17) is 11.6 Å². The van der Waals surface area contributed by atoms with Gasteiger partial charge >= 0.3 is 0 Å². The van der Waals surface area contributed by atoms with Crippen LogP contribution in [0, 0.1) is 5.82 Å². The molecule has 0 aliphatic heterocycles. The fraction of sp³-hybridized carbons (Fsp3) is 0.259. The molecule has 3 aromatic heterocycles. The van der Waals surface area contributed by atoms with Crippen LogP contribution in [0.2, 0.25) is 5.02 Å². The molecule has 1 fully saturated rings. The molecule has 4 aromatic rings. The van der Waals surface area contributed by atoms with Crippen molar-refractivity contribution in [3.8, 4) is 0 Å². The monoisotopic (exact) mass is 505 g/mol. The molecule has 9 heteroatoms. The summed E-state index contributed by atoms with van der Waals surface area (Å²) in [7, 11) is 0. The first-order valence-electron chi connectivity index (χ1n) is 11.8. The summed E-state index contributed by atoms with van der Waals surface area (Å²) >= 11 is 6.13. The van der Waals surface area contributed by atoms with E-state index in [1.165, 1.54) is 6.07 Å². The number of carbonyl (C=O) groups excluding carboxylic acids is 2. The molecule has 1 saturated carbocycles. The smallest absolute Gasteiger partial charge is 0.251 e. The number of hydrogen-bond acceptors (Lipinski definition) is 4. The summed E-state index contributed by atoms with van der Waals surface area (Å²) in [6.45, 7) is 2.13. The first kappa shape index (κ1) is 23.9. The molecule has 0 spiro atoms. The van der Waals surface area contributed by atoms with E-state index in [2.05, 4.69) is 20.3 Å². The summed E-state index contributed by atoms with van der Waals surface area (Å²) < 4.78 is 14.4. The molecule has 0 bridgehead atoms. The number of pyridine rings is 2. The Morgan fingerprint density at radius 2 is 2.00 bits per heavy atom. The summed E-state index contributed by atoms with van der Waals surface area (Å²) in [5, 5.41) is 3.97. The number of carbonyl (C=O) groups is 2. The number of nitrogens with one attached hydrogen (secondary N) is 2. The number of fused-ring (bicyclic) bond motifs is 1. The van der Waals surface area contributed by atoms with E-state index in [9.17, 15) is 14.0 Å². The zero-order valence-electron chi connectivity index (χ0n) is 19.7. The predicted octanol–water partition coefficient (Wildman–Crippen LogP) is 4.78. The van der Waals surface area contributed by atoms with Crippen molar-refractivity contribution in [2.24, 2.45) is 0 Å². The van der Waals surface area contributed by atoms with Crippen LogP contribution in [0.15, 0.2) is 55.0 Å². The third kappa shape index (κ3) is 5.39. The number of nitrogens with zero attached hydrogens (tertiary/aromatic N) is 3. The van der Waals surface area contributed by atoms with E-state index in [1.54, 1.807) is 43.7 Å². The highest BCUT2D eigenvalue weighted by Crippen LogP contribution is 2.28. The summed E-state index contributed by atoms with van der Waals surface area (Å²) in [6.07, 6.45) is 7.57. The van der Waals surface area contributed by atoms with Gasteiger partial charge < -0.3 is 15.2 Å². The van der Waals surface area contributed by atoms with Gasteiger partial charge in [0.1, 0.15) is 5.82 Å². The molecular formula is C27H25ClFN5O2. The maximum atomic E-state index is 14.4. The standard InChI is InChI=1S/C27H25ClFN5O2/c1-16(35)34(22-4-5-22)15-20-3-2-17(12-31-20)8-21-9-18(6-7-30-21)27(36)33-13-19-10-23-24(28)14-32-26(23)11-25(19)29/h2-3,6-7,9-12,14,22,32H,4-5,8,13,15H2,1H3,(H,33,36). The molecule has 0 unspecified atom stereocenters. The maximum absolute atomic E-state index is 14.4. The minimum absolute atomic E-state index is 0.0310. The van der Waals surface area contributed by atoms with Crippen molar-refractivity contribution >= 4 is 34.3 Å². The fourth-order valence-corrected chi connectivity index (χ4v) is 4.41. The Bertz CT molecular complexity index is 1430. The van der Waals surface area contributed by atoms with Crippen LogP contribution in [0.25, 0.3) is 10.9 Å². The Labute approximate surface area is 212 Å². The molecular weight excluding hydrogens is 481 g/mol. The lowest BCUT2D eigenvalue weighted by Crippen LogP contribution is -2.30. The molecule has 3 heterocycles. The summed E-state index contributed by atoms with van der Waals surface area (Å²) in [5.74, 6) is -0.674. The van der Waals surface area contributed by atoms with E-state index >= 15 is 0 Å². The Morgan fingerprint density at radius 1 is 1.17 bits per heavy atom. The number of amides is 2. The lowest BCUT2D eigenvalue weighted by molar-refractivity contribution is -0.130. The number of hydrogen-bond donors (Lipinski definition) is 2. The Hall–Kier alpha value is -3.78. The van der Waals surface area contributed by atoms with E-state index in [0.717, 1.165) is 24.1 Å². The maximum Gasteiger partial charge on any atom is 0.251 e. The van der Waals surface area contributed by atoms with Crippen molar-refractivity contribution in [3.05, 3.63) is 93.9 Å².